The lowest BCUT2D eigenvalue weighted by Gasteiger charge is -2.25. The van der Waals surface area contributed by atoms with Crippen molar-refractivity contribution in [1.29, 1.82) is 0 Å². The van der Waals surface area contributed by atoms with Crippen LogP contribution in [0.5, 0.6) is 0 Å². The van der Waals surface area contributed by atoms with E-state index in [4.69, 9.17) is 9.47 Å². The number of sulfonamides is 1. The van der Waals surface area contributed by atoms with E-state index < -0.39 is 20.6 Å². The van der Waals surface area contributed by atoms with E-state index in [1.54, 1.807) is 19.1 Å². The summed E-state index contributed by atoms with van der Waals surface area (Å²) in [5.41, 5.74) is 0.390. The fourth-order valence-electron chi connectivity index (χ4n) is 4.25. The van der Waals surface area contributed by atoms with Crippen molar-refractivity contribution < 1.29 is 22.3 Å². The van der Waals surface area contributed by atoms with Gasteiger partial charge in [0.2, 0.25) is 10.0 Å². The molecular weight excluding hydrogens is 624 g/mol. The molecule has 1 heterocycles. The molecule has 212 valence electrons. The van der Waals surface area contributed by atoms with Crippen molar-refractivity contribution in [3.05, 3.63) is 49.6 Å². The maximum Gasteiger partial charge on any atom is 0.254 e. The van der Waals surface area contributed by atoms with Gasteiger partial charge in [0.1, 0.15) is 11.6 Å². The number of halogens is 2. The van der Waals surface area contributed by atoms with Gasteiger partial charge >= 0.3 is 0 Å². The number of nitrogens with one attached hydrogen (secondary N) is 2. The molecular formula is C27H39FIN3O5S. The molecule has 0 bridgehead atoms. The van der Waals surface area contributed by atoms with E-state index in [0.717, 1.165) is 29.3 Å². The minimum Gasteiger partial charge on any atom is -0.379 e. The highest BCUT2D eigenvalue weighted by Crippen LogP contribution is 2.48. The summed E-state index contributed by atoms with van der Waals surface area (Å²) in [6.45, 7) is 7.30. The van der Waals surface area contributed by atoms with Gasteiger partial charge in [-0.05, 0) is 85.9 Å². The van der Waals surface area contributed by atoms with Crippen molar-refractivity contribution in [2.45, 2.75) is 76.6 Å². The van der Waals surface area contributed by atoms with Crippen LogP contribution < -0.4 is 15.6 Å². The van der Waals surface area contributed by atoms with Gasteiger partial charge in [0.05, 0.1) is 28.8 Å². The third-order valence-electron chi connectivity index (χ3n) is 6.80. The summed E-state index contributed by atoms with van der Waals surface area (Å²) in [7, 11) is -2.35. The van der Waals surface area contributed by atoms with Gasteiger partial charge in [-0.2, -0.15) is 0 Å². The largest absolute Gasteiger partial charge is 0.379 e. The minimum absolute atomic E-state index is 0.138. The third-order valence-corrected chi connectivity index (χ3v) is 9.67. The Balaban J connectivity index is 1.86. The van der Waals surface area contributed by atoms with E-state index in [1.165, 1.54) is 23.7 Å². The molecule has 1 aliphatic carbocycles. The molecule has 0 unspecified atom stereocenters. The van der Waals surface area contributed by atoms with Crippen molar-refractivity contribution in [3.8, 4) is 0 Å². The highest BCUT2D eigenvalue weighted by molar-refractivity contribution is 14.1. The summed E-state index contributed by atoms with van der Waals surface area (Å²) < 4.78 is 57.7. The van der Waals surface area contributed by atoms with Gasteiger partial charge in [-0.15, -0.1) is 0 Å². The van der Waals surface area contributed by atoms with Crippen LogP contribution in [0.4, 0.5) is 21.6 Å². The number of nitrogens with zero attached hydrogens (tertiary/aromatic N) is 1. The first kappa shape index (κ1) is 30.8. The van der Waals surface area contributed by atoms with Crippen LogP contribution in [0.1, 0.15) is 64.4 Å². The van der Waals surface area contributed by atoms with Crippen LogP contribution >= 0.6 is 22.6 Å². The normalized spacial score (nSPS) is 15.3. The van der Waals surface area contributed by atoms with Crippen LogP contribution in [0.2, 0.25) is 0 Å². The molecule has 1 fully saturated rings. The first-order valence-electron chi connectivity index (χ1n) is 13.2. The molecule has 11 heteroatoms. The van der Waals surface area contributed by atoms with Crippen molar-refractivity contribution in [3.63, 3.8) is 0 Å². The number of benzene rings is 1. The number of anilines is 3. The Morgan fingerprint density at radius 2 is 1.82 bits per heavy atom. The van der Waals surface area contributed by atoms with E-state index in [9.17, 15) is 17.6 Å². The smallest absolute Gasteiger partial charge is 0.254 e. The number of pyridine rings is 1. The van der Waals surface area contributed by atoms with Crippen LogP contribution in [0.25, 0.3) is 0 Å². The topological polar surface area (TPSA) is 98.7 Å². The molecule has 2 N–H and O–H groups in total. The molecule has 0 saturated heterocycles. The summed E-state index contributed by atoms with van der Waals surface area (Å²) in [5.74, 6) is -0.341. The average Bonchev–Trinajstić information content (AvgIpc) is 3.65. The summed E-state index contributed by atoms with van der Waals surface area (Å²) in [5, 5.41) is 2.93. The maximum absolute atomic E-state index is 14.6. The van der Waals surface area contributed by atoms with Crippen LogP contribution in [-0.2, 0) is 26.5 Å². The zero-order chi connectivity index (χ0) is 27.9. The SMILES string of the molecule is CCCCOC[C@@H](CC1(S(=O)(=O)Nc2cc(C)c(=O)n(C)c2Nc2ccc(I)cc2F)CC1)OCCCC. The molecule has 1 atom stereocenters. The van der Waals surface area contributed by atoms with Gasteiger partial charge in [0.15, 0.2) is 0 Å². The van der Waals surface area contributed by atoms with Crippen LogP contribution in [-0.4, -0.2) is 43.7 Å². The molecule has 2 aromatic rings. The molecule has 3 rings (SSSR count). The Kier molecular flexibility index (Phi) is 11.0. The van der Waals surface area contributed by atoms with Gasteiger partial charge < -0.3 is 14.8 Å². The van der Waals surface area contributed by atoms with Gasteiger partial charge in [0.25, 0.3) is 5.56 Å². The maximum atomic E-state index is 14.6. The number of rotatable bonds is 16. The molecule has 0 spiro atoms. The fraction of sp³-hybridized carbons (Fsp3) is 0.593. The van der Waals surface area contributed by atoms with Crippen LogP contribution in [0.15, 0.2) is 29.1 Å². The Hall–Kier alpha value is -1.70. The second-order valence-corrected chi connectivity index (χ2v) is 13.3. The number of ether oxygens (including phenoxy) is 2. The summed E-state index contributed by atoms with van der Waals surface area (Å²) in [6.07, 6.45) is 4.83. The Morgan fingerprint density at radius 3 is 2.45 bits per heavy atom. The molecule has 0 aliphatic heterocycles. The first-order chi connectivity index (χ1) is 18.0. The number of hydrogen-bond donors (Lipinski definition) is 2. The second kappa shape index (κ2) is 13.6. The summed E-state index contributed by atoms with van der Waals surface area (Å²) in [4.78, 5) is 12.7. The number of unbranched alkanes of at least 4 members (excludes halogenated alkanes) is 2. The number of hydrogen-bond acceptors (Lipinski definition) is 6. The molecule has 1 aliphatic rings. The molecule has 1 saturated carbocycles. The van der Waals surface area contributed by atoms with Gasteiger partial charge in [-0.1, -0.05) is 26.7 Å². The summed E-state index contributed by atoms with van der Waals surface area (Å²) >= 11 is 2.01. The predicted octanol–water partition coefficient (Wildman–Crippen LogP) is 5.85. The van der Waals surface area contributed by atoms with E-state index >= 15 is 0 Å². The number of aromatic nitrogens is 1. The molecule has 8 nitrogen and oxygen atoms in total. The second-order valence-electron chi connectivity index (χ2n) is 9.97. The van der Waals surface area contributed by atoms with Crippen molar-refractivity contribution in [2.75, 3.05) is 29.9 Å². The number of aryl methyl sites for hydroxylation is 1. The first-order valence-corrected chi connectivity index (χ1v) is 15.7. The lowest BCUT2D eigenvalue weighted by Crippen LogP contribution is -2.36. The Bertz CT molecular complexity index is 1260. The molecule has 38 heavy (non-hydrogen) atoms. The molecule has 0 amide bonds. The lowest BCUT2D eigenvalue weighted by molar-refractivity contribution is -0.0231. The highest BCUT2D eigenvalue weighted by Gasteiger charge is 2.56. The monoisotopic (exact) mass is 663 g/mol. The van der Waals surface area contributed by atoms with Crippen LogP contribution in [0.3, 0.4) is 0 Å². The van der Waals surface area contributed by atoms with Crippen molar-refractivity contribution >= 4 is 49.8 Å². The van der Waals surface area contributed by atoms with E-state index in [-0.39, 0.29) is 28.9 Å². The van der Waals surface area contributed by atoms with E-state index in [2.05, 4.69) is 23.9 Å². The van der Waals surface area contributed by atoms with E-state index in [1.807, 2.05) is 22.6 Å². The zero-order valence-electron chi connectivity index (χ0n) is 22.6. The third kappa shape index (κ3) is 7.70. The zero-order valence-corrected chi connectivity index (χ0v) is 25.6. The van der Waals surface area contributed by atoms with Crippen molar-refractivity contribution in [2.24, 2.45) is 7.05 Å². The standard InChI is InChI=1S/C27H39FIN3O5S/c1-5-7-13-36-18-21(37-14-8-6-2)17-27(11-12-27)38(34,35)31-24-15-19(3)26(33)32(4)25(24)30-23-10-9-20(29)16-22(23)28/h9-10,15-16,21,30-31H,5-8,11-14,17-18H2,1-4H3/t21-/m1/s1. The van der Waals surface area contributed by atoms with Gasteiger partial charge in [0, 0.05) is 29.4 Å². The molecule has 1 aromatic heterocycles. The van der Waals surface area contributed by atoms with Gasteiger partial charge in [-0.3, -0.25) is 14.1 Å². The summed E-state index contributed by atoms with van der Waals surface area (Å²) in [6, 6.07) is 6.13. The van der Waals surface area contributed by atoms with E-state index in [0.29, 0.717) is 44.6 Å². The fourth-order valence-corrected chi connectivity index (χ4v) is 6.41. The van der Waals surface area contributed by atoms with Crippen molar-refractivity contribution in [1.82, 2.24) is 4.57 Å². The quantitative estimate of drug-likeness (QED) is 0.173. The predicted molar refractivity (Wildman–Crippen MR) is 158 cm³/mol. The van der Waals surface area contributed by atoms with Gasteiger partial charge in [-0.25, -0.2) is 12.8 Å². The Morgan fingerprint density at radius 1 is 1.13 bits per heavy atom. The molecule has 1 aromatic carbocycles. The highest BCUT2D eigenvalue weighted by atomic mass is 127. The van der Waals surface area contributed by atoms with Crippen LogP contribution in [0, 0.1) is 16.3 Å². The molecule has 0 radical (unpaired) electrons. The lowest BCUT2D eigenvalue weighted by atomic mass is 10.2. The Labute approximate surface area is 238 Å². The minimum atomic E-state index is -3.88. The average molecular weight is 664 g/mol.